The third kappa shape index (κ3) is 3.46. The molecule has 0 amide bonds. The molecule has 21 heavy (non-hydrogen) atoms. The Morgan fingerprint density at radius 1 is 1.10 bits per heavy atom. The zero-order valence-corrected chi connectivity index (χ0v) is 13.9. The maximum absolute atomic E-state index is 13.1. The van der Waals surface area contributed by atoms with Crippen molar-refractivity contribution >= 4 is 0 Å². The molecule has 0 spiro atoms. The van der Waals surface area contributed by atoms with Gasteiger partial charge in [-0.3, -0.25) is 4.90 Å². The summed E-state index contributed by atoms with van der Waals surface area (Å²) in [4.78, 5) is 2.61. The van der Waals surface area contributed by atoms with Crippen LogP contribution in [-0.2, 0) is 6.54 Å². The molecule has 1 unspecified atom stereocenters. The predicted molar refractivity (Wildman–Crippen MR) is 86.8 cm³/mol. The first kappa shape index (κ1) is 16.4. The van der Waals surface area contributed by atoms with Crippen LogP contribution >= 0.6 is 0 Å². The standard InChI is InChI=1S/C18H29FN2/c1-5-17(4)14-21(18(6-2,7-3)13-20-17)12-15-8-10-16(19)11-9-15/h8-11,20H,5-7,12-14H2,1-4H3. The van der Waals surface area contributed by atoms with Gasteiger partial charge in [-0.2, -0.15) is 0 Å². The second kappa shape index (κ2) is 6.45. The summed E-state index contributed by atoms with van der Waals surface area (Å²) < 4.78 is 13.1. The smallest absolute Gasteiger partial charge is 0.123 e. The van der Waals surface area contributed by atoms with Crippen LogP contribution in [0.15, 0.2) is 24.3 Å². The van der Waals surface area contributed by atoms with Crippen molar-refractivity contribution in [3.8, 4) is 0 Å². The van der Waals surface area contributed by atoms with Crippen LogP contribution in [0.5, 0.6) is 0 Å². The van der Waals surface area contributed by atoms with Crippen LogP contribution < -0.4 is 5.32 Å². The fourth-order valence-electron chi connectivity index (χ4n) is 3.35. The molecule has 1 fully saturated rings. The normalized spacial score (nSPS) is 26.0. The summed E-state index contributed by atoms with van der Waals surface area (Å²) in [6.07, 6.45) is 3.39. The van der Waals surface area contributed by atoms with Gasteiger partial charge in [-0.05, 0) is 43.9 Å². The van der Waals surface area contributed by atoms with Gasteiger partial charge in [-0.25, -0.2) is 4.39 Å². The van der Waals surface area contributed by atoms with Gasteiger partial charge in [0.15, 0.2) is 0 Å². The van der Waals surface area contributed by atoms with Crippen LogP contribution in [0.25, 0.3) is 0 Å². The molecule has 0 radical (unpaired) electrons. The molecule has 1 heterocycles. The van der Waals surface area contributed by atoms with E-state index in [1.807, 2.05) is 12.1 Å². The molecule has 1 saturated heterocycles. The first-order valence-corrected chi connectivity index (χ1v) is 8.21. The summed E-state index contributed by atoms with van der Waals surface area (Å²) in [6.45, 7) is 12.1. The molecule has 0 aliphatic carbocycles. The highest BCUT2D eigenvalue weighted by molar-refractivity contribution is 5.17. The Balaban J connectivity index is 2.22. The summed E-state index contributed by atoms with van der Waals surface area (Å²) in [5.41, 5.74) is 1.58. The third-order valence-electron chi connectivity index (χ3n) is 5.44. The fraction of sp³-hybridized carbons (Fsp3) is 0.667. The highest BCUT2D eigenvalue weighted by Gasteiger charge is 2.42. The topological polar surface area (TPSA) is 15.3 Å². The molecule has 118 valence electrons. The lowest BCUT2D eigenvalue weighted by molar-refractivity contribution is -0.00408. The molecule has 0 bridgehead atoms. The van der Waals surface area contributed by atoms with Crippen LogP contribution in [0.1, 0.15) is 52.5 Å². The number of rotatable bonds is 5. The maximum Gasteiger partial charge on any atom is 0.123 e. The summed E-state index contributed by atoms with van der Waals surface area (Å²) in [5.74, 6) is -0.158. The molecule has 2 nitrogen and oxygen atoms in total. The average molecular weight is 292 g/mol. The number of nitrogens with one attached hydrogen (secondary N) is 1. The van der Waals surface area contributed by atoms with Gasteiger partial charge in [0.1, 0.15) is 5.82 Å². The largest absolute Gasteiger partial charge is 0.308 e. The van der Waals surface area contributed by atoms with Gasteiger partial charge in [-0.1, -0.05) is 32.9 Å². The molecule has 3 heteroatoms. The molecular weight excluding hydrogens is 263 g/mol. The number of halogens is 1. The lowest BCUT2D eigenvalue weighted by Gasteiger charge is -2.53. The lowest BCUT2D eigenvalue weighted by Crippen LogP contribution is -2.68. The van der Waals surface area contributed by atoms with Crippen molar-refractivity contribution in [2.45, 2.75) is 64.6 Å². The zero-order chi connectivity index (χ0) is 15.5. The van der Waals surface area contributed by atoms with Gasteiger partial charge in [-0.15, -0.1) is 0 Å². The zero-order valence-electron chi connectivity index (χ0n) is 13.9. The summed E-state index contributed by atoms with van der Waals surface area (Å²) in [7, 11) is 0. The molecule has 1 atom stereocenters. The van der Waals surface area contributed by atoms with Gasteiger partial charge in [0.25, 0.3) is 0 Å². The molecule has 2 rings (SSSR count). The van der Waals surface area contributed by atoms with Crippen LogP contribution in [-0.4, -0.2) is 29.1 Å². The van der Waals surface area contributed by atoms with Crippen molar-refractivity contribution in [2.75, 3.05) is 13.1 Å². The van der Waals surface area contributed by atoms with E-state index in [1.54, 1.807) is 12.1 Å². The third-order valence-corrected chi connectivity index (χ3v) is 5.44. The van der Waals surface area contributed by atoms with Crippen molar-refractivity contribution < 1.29 is 4.39 Å². The van der Waals surface area contributed by atoms with Gasteiger partial charge >= 0.3 is 0 Å². The fourth-order valence-corrected chi connectivity index (χ4v) is 3.35. The van der Waals surface area contributed by atoms with Gasteiger partial charge in [0, 0.05) is 30.7 Å². The molecule has 1 aromatic carbocycles. The summed E-state index contributed by atoms with van der Waals surface area (Å²) >= 11 is 0. The first-order valence-electron chi connectivity index (χ1n) is 8.21. The lowest BCUT2D eigenvalue weighted by atomic mass is 9.82. The second-order valence-electron chi connectivity index (χ2n) is 6.68. The Labute approximate surface area is 128 Å². The number of nitrogens with zero attached hydrogens (tertiary/aromatic N) is 1. The Hall–Kier alpha value is -0.930. The van der Waals surface area contributed by atoms with Crippen molar-refractivity contribution in [1.29, 1.82) is 0 Å². The van der Waals surface area contributed by atoms with E-state index in [0.717, 1.165) is 38.9 Å². The Morgan fingerprint density at radius 2 is 1.71 bits per heavy atom. The predicted octanol–water partition coefficient (Wildman–Crippen LogP) is 3.96. The van der Waals surface area contributed by atoms with Crippen LogP contribution in [0, 0.1) is 5.82 Å². The van der Waals surface area contributed by atoms with Crippen molar-refractivity contribution in [3.63, 3.8) is 0 Å². The first-order chi connectivity index (χ1) is 9.97. The van der Waals surface area contributed by atoms with E-state index in [9.17, 15) is 4.39 Å². The van der Waals surface area contributed by atoms with Crippen LogP contribution in [0.2, 0.25) is 0 Å². The molecule has 1 N–H and O–H groups in total. The molecular formula is C18H29FN2. The Kier molecular flexibility index (Phi) is 5.05. The van der Waals surface area contributed by atoms with Crippen LogP contribution in [0.3, 0.4) is 0 Å². The molecule has 1 aliphatic heterocycles. The van der Waals surface area contributed by atoms with E-state index < -0.39 is 0 Å². The minimum absolute atomic E-state index is 0.158. The van der Waals surface area contributed by atoms with Crippen molar-refractivity contribution in [2.24, 2.45) is 0 Å². The maximum atomic E-state index is 13.1. The van der Waals surface area contributed by atoms with Gasteiger partial charge < -0.3 is 5.32 Å². The van der Waals surface area contributed by atoms with Crippen molar-refractivity contribution in [1.82, 2.24) is 10.2 Å². The molecule has 1 aromatic rings. The quantitative estimate of drug-likeness (QED) is 0.883. The number of piperazine rings is 1. The van der Waals surface area contributed by atoms with E-state index in [0.29, 0.717) is 0 Å². The number of hydrogen-bond acceptors (Lipinski definition) is 2. The highest BCUT2D eigenvalue weighted by Crippen LogP contribution is 2.32. The van der Waals surface area contributed by atoms with E-state index in [-0.39, 0.29) is 16.9 Å². The summed E-state index contributed by atoms with van der Waals surface area (Å²) in [5, 5.41) is 3.76. The van der Waals surface area contributed by atoms with E-state index >= 15 is 0 Å². The number of hydrogen-bond donors (Lipinski definition) is 1. The van der Waals surface area contributed by atoms with Gasteiger partial charge in [0.05, 0.1) is 0 Å². The average Bonchev–Trinajstić information content (AvgIpc) is 2.51. The van der Waals surface area contributed by atoms with E-state index in [2.05, 4.69) is 37.9 Å². The molecule has 1 aliphatic rings. The Bertz CT molecular complexity index is 453. The van der Waals surface area contributed by atoms with Crippen molar-refractivity contribution in [3.05, 3.63) is 35.6 Å². The highest BCUT2D eigenvalue weighted by atomic mass is 19.1. The Morgan fingerprint density at radius 3 is 2.24 bits per heavy atom. The monoisotopic (exact) mass is 292 g/mol. The SMILES string of the molecule is CCC1(C)CN(Cc2ccc(F)cc2)C(CC)(CC)CN1. The van der Waals surface area contributed by atoms with E-state index in [1.165, 1.54) is 5.56 Å². The van der Waals surface area contributed by atoms with Gasteiger partial charge in [0.2, 0.25) is 0 Å². The molecule has 0 aromatic heterocycles. The summed E-state index contributed by atoms with van der Waals surface area (Å²) in [6, 6.07) is 6.96. The van der Waals surface area contributed by atoms with E-state index in [4.69, 9.17) is 0 Å². The second-order valence-corrected chi connectivity index (χ2v) is 6.68. The van der Waals surface area contributed by atoms with Crippen LogP contribution in [0.4, 0.5) is 4.39 Å². The minimum atomic E-state index is -0.158. The molecule has 0 saturated carbocycles. The minimum Gasteiger partial charge on any atom is -0.308 e. The number of benzene rings is 1.